The highest BCUT2D eigenvalue weighted by molar-refractivity contribution is 6.09. The number of hydrogen-bond acceptors (Lipinski definition) is 4. The Balaban J connectivity index is 2.24. The summed E-state index contributed by atoms with van der Waals surface area (Å²) in [4.78, 5) is 14.9. The summed E-state index contributed by atoms with van der Waals surface area (Å²) < 4.78 is 7.08. The van der Waals surface area contributed by atoms with Crippen LogP contribution in [0.2, 0.25) is 0 Å². The molecular formula is C16H25N3O2. The number of Topliss-reactive ketones (excluding diaryl/α,β-unsaturated/α-hetero) is 1. The fourth-order valence-corrected chi connectivity index (χ4v) is 2.53. The Hall–Kier alpha value is -1.62. The molecule has 5 heteroatoms. The molecule has 0 radical (unpaired) electrons. The topological polar surface area (TPSA) is 47.4 Å². The zero-order chi connectivity index (χ0) is 15.4. The lowest BCUT2D eigenvalue weighted by molar-refractivity contribution is 0.101. The van der Waals surface area contributed by atoms with Gasteiger partial charge in [0, 0.05) is 6.54 Å². The van der Waals surface area contributed by atoms with Gasteiger partial charge in [-0.3, -0.25) is 9.48 Å². The van der Waals surface area contributed by atoms with E-state index in [1.165, 1.54) is 0 Å². The fraction of sp³-hybridized carbons (Fsp3) is 0.625. The number of carbonyl (C=O) groups is 1. The number of rotatable bonds is 6. The number of methoxy groups -OCH3 is 1. The summed E-state index contributed by atoms with van der Waals surface area (Å²) in [7, 11) is 5.60. The average molecular weight is 291 g/mol. The van der Waals surface area contributed by atoms with Crippen LogP contribution in [0.1, 0.15) is 36.7 Å². The SMILES string of the molecule is COc1cnn(CCN(C)C)c1C(=O)C1=CCC(C)CC1. The lowest BCUT2D eigenvalue weighted by atomic mass is 9.88. The van der Waals surface area contributed by atoms with E-state index in [0.29, 0.717) is 23.9 Å². The van der Waals surface area contributed by atoms with Crippen LogP contribution in [-0.4, -0.2) is 48.2 Å². The summed E-state index contributed by atoms with van der Waals surface area (Å²) in [5, 5.41) is 4.31. The molecule has 5 nitrogen and oxygen atoms in total. The molecule has 1 aliphatic carbocycles. The molecule has 0 saturated heterocycles. The van der Waals surface area contributed by atoms with Gasteiger partial charge < -0.3 is 9.64 Å². The molecule has 0 N–H and O–H groups in total. The van der Waals surface area contributed by atoms with Crippen LogP contribution in [0.3, 0.4) is 0 Å². The normalized spacial score (nSPS) is 18.7. The zero-order valence-corrected chi connectivity index (χ0v) is 13.4. The van der Waals surface area contributed by atoms with Crippen molar-refractivity contribution >= 4 is 5.78 Å². The van der Waals surface area contributed by atoms with Gasteiger partial charge in [-0.15, -0.1) is 0 Å². The molecule has 1 atom stereocenters. The third-order valence-corrected chi connectivity index (χ3v) is 3.96. The minimum Gasteiger partial charge on any atom is -0.493 e. The van der Waals surface area contributed by atoms with Gasteiger partial charge in [0.2, 0.25) is 5.78 Å². The molecule has 0 aromatic carbocycles. The molecular weight excluding hydrogens is 266 g/mol. The van der Waals surface area contributed by atoms with Crippen molar-refractivity contribution in [3.05, 3.63) is 23.5 Å². The van der Waals surface area contributed by atoms with E-state index in [2.05, 4.69) is 23.0 Å². The first-order valence-electron chi connectivity index (χ1n) is 7.51. The van der Waals surface area contributed by atoms with E-state index < -0.39 is 0 Å². The minimum absolute atomic E-state index is 0.0648. The van der Waals surface area contributed by atoms with Gasteiger partial charge in [0.05, 0.1) is 19.9 Å². The van der Waals surface area contributed by atoms with Crippen LogP contribution in [0, 0.1) is 5.92 Å². The molecule has 0 amide bonds. The molecule has 0 aliphatic heterocycles. The first-order valence-corrected chi connectivity index (χ1v) is 7.51. The van der Waals surface area contributed by atoms with E-state index in [0.717, 1.165) is 31.4 Å². The molecule has 1 heterocycles. The molecule has 0 bridgehead atoms. The maximum Gasteiger partial charge on any atom is 0.210 e. The Morgan fingerprint density at radius 2 is 2.29 bits per heavy atom. The highest BCUT2D eigenvalue weighted by Crippen LogP contribution is 2.28. The number of ketones is 1. The number of ether oxygens (including phenoxy) is 1. The minimum atomic E-state index is 0.0648. The van der Waals surface area contributed by atoms with Crippen LogP contribution >= 0.6 is 0 Å². The number of aromatic nitrogens is 2. The molecule has 1 aromatic rings. The molecule has 0 spiro atoms. The quantitative estimate of drug-likeness (QED) is 0.755. The van der Waals surface area contributed by atoms with Crippen molar-refractivity contribution in [2.24, 2.45) is 5.92 Å². The third-order valence-electron chi connectivity index (χ3n) is 3.96. The van der Waals surface area contributed by atoms with Crippen molar-refractivity contribution < 1.29 is 9.53 Å². The lowest BCUT2D eigenvalue weighted by Gasteiger charge is -2.18. The van der Waals surface area contributed by atoms with Gasteiger partial charge in [0.15, 0.2) is 11.4 Å². The molecule has 0 fully saturated rings. The van der Waals surface area contributed by atoms with Crippen molar-refractivity contribution in [2.75, 3.05) is 27.7 Å². The largest absolute Gasteiger partial charge is 0.493 e. The van der Waals surface area contributed by atoms with E-state index in [9.17, 15) is 4.79 Å². The molecule has 2 rings (SSSR count). The van der Waals surface area contributed by atoms with Crippen LogP contribution in [-0.2, 0) is 6.54 Å². The van der Waals surface area contributed by atoms with Gasteiger partial charge in [0.1, 0.15) is 0 Å². The van der Waals surface area contributed by atoms with E-state index in [1.54, 1.807) is 18.0 Å². The molecule has 21 heavy (non-hydrogen) atoms. The summed E-state index contributed by atoms with van der Waals surface area (Å²) in [5.41, 5.74) is 1.48. The van der Waals surface area contributed by atoms with Gasteiger partial charge in [-0.25, -0.2) is 0 Å². The summed E-state index contributed by atoms with van der Waals surface area (Å²) in [5.74, 6) is 1.30. The van der Waals surface area contributed by atoms with Crippen LogP contribution < -0.4 is 4.74 Å². The van der Waals surface area contributed by atoms with Gasteiger partial charge in [-0.05, 0) is 44.8 Å². The standard InChI is InChI=1S/C16H25N3O2/c1-12-5-7-13(8-6-12)16(20)15-14(21-4)11-17-19(15)10-9-18(2)3/h7,11-12H,5-6,8-10H2,1-4H3. The van der Waals surface area contributed by atoms with Gasteiger partial charge in [0.25, 0.3) is 0 Å². The maximum atomic E-state index is 12.8. The van der Waals surface area contributed by atoms with E-state index >= 15 is 0 Å². The summed E-state index contributed by atoms with van der Waals surface area (Å²) >= 11 is 0. The Morgan fingerprint density at radius 3 is 2.86 bits per heavy atom. The smallest absolute Gasteiger partial charge is 0.210 e. The van der Waals surface area contributed by atoms with Crippen molar-refractivity contribution in [3.8, 4) is 5.75 Å². The Morgan fingerprint density at radius 1 is 1.52 bits per heavy atom. The number of carbonyl (C=O) groups excluding carboxylic acids is 1. The second-order valence-electron chi connectivity index (χ2n) is 6.03. The monoisotopic (exact) mass is 291 g/mol. The highest BCUT2D eigenvalue weighted by Gasteiger charge is 2.24. The predicted molar refractivity (Wildman–Crippen MR) is 82.8 cm³/mol. The molecule has 1 aromatic heterocycles. The van der Waals surface area contributed by atoms with Crippen LogP contribution in [0.5, 0.6) is 5.75 Å². The Labute approximate surface area is 126 Å². The van der Waals surface area contributed by atoms with Crippen molar-refractivity contribution in [2.45, 2.75) is 32.7 Å². The Kier molecular flexibility index (Phi) is 5.17. The first kappa shape index (κ1) is 15.8. The van der Waals surface area contributed by atoms with Gasteiger partial charge >= 0.3 is 0 Å². The summed E-state index contributed by atoms with van der Waals surface area (Å²) in [6.45, 7) is 3.74. The van der Waals surface area contributed by atoms with E-state index in [1.807, 2.05) is 14.1 Å². The van der Waals surface area contributed by atoms with Crippen LogP contribution in [0.15, 0.2) is 17.8 Å². The fourth-order valence-electron chi connectivity index (χ4n) is 2.53. The lowest BCUT2D eigenvalue weighted by Crippen LogP contribution is -2.22. The highest BCUT2D eigenvalue weighted by atomic mass is 16.5. The predicted octanol–water partition coefficient (Wildman–Crippen LogP) is 2.38. The maximum absolute atomic E-state index is 12.8. The number of allylic oxidation sites excluding steroid dienone is 2. The third kappa shape index (κ3) is 3.73. The number of likely N-dealkylation sites (N-methyl/N-ethyl adjacent to an activating group) is 1. The van der Waals surface area contributed by atoms with Crippen LogP contribution in [0.4, 0.5) is 0 Å². The van der Waals surface area contributed by atoms with Gasteiger partial charge in [-0.1, -0.05) is 13.0 Å². The summed E-state index contributed by atoms with van der Waals surface area (Å²) in [6, 6.07) is 0. The average Bonchev–Trinajstić information content (AvgIpc) is 2.88. The van der Waals surface area contributed by atoms with Crippen molar-refractivity contribution in [1.82, 2.24) is 14.7 Å². The van der Waals surface area contributed by atoms with Crippen molar-refractivity contribution in [3.63, 3.8) is 0 Å². The van der Waals surface area contributed by atoms with Crippen molar-refractivity contribution in [1.29, 1.82) is 0 Å². The number of nitrogens with zero attached hydrogens (tertiary/aromatic N) is 3. The second kappa shape index (κ2) is 6.89. The first-order chi connectivity index (χ1) is 10.0. The molecule has 0 saturated carbocycles. The summed E-state index contributed by atoms with van der Waals surface area (Å²) in [6.07, 6.45) is 6.62. The second-order valence-corrected chi connectivity index (χ2v) is 6.03. The molecule has 1 aliphatic rings. The van der Waals surface area contributed by atoms with E-state index in [-0.39, 0.29) is 5.78 Å². The zero-order valence-electron chi connectivity index (χ0n) is 13.4. The molecule has 116 valence electrons. The number of hydrogen-bond donors (Lipinski definition) is 0. The van der Waals surface area contributed by atoms with E-state index in [4.69, 9.17) is 4.74 Å². The molecule has 1 unspecified atom stereocenters. The van der Waals surface area contributed by atoms with Gasteiger partial charge in [-0.2, -0.15) is 5.10 Å². The Bertz CT molecular complexity index is 532. The van der Waals surface area contributed by atoms with Crippen LogP contribution in [0.25, 0.3) is 0 Å².